The standard InChI is InChI=1S/C21H20N4O3S/c1-15-5-7-17(8-6-15)23-9-11-24(12-10-23)21-22-20(26)19(29-21)14-16-3-2-4-18(13-16)25(27)28/h2-8,13-14H,9-12H2,1H3/b19-14-. The second-order valence-electron chi connectivity index (χ2n) is 6.97. The van der Waals surface area contributed by atoms with Crippen molar-refractivity contribution in [1.29, 1.82) is 0 Å². The maximum absolute atomic E-state index is 12.3. The number of thioether (sulfide) groups is 1. The van der Waals surface area contributed by atoms with E-state index in [4.69, 9.17) is 0 Å². The van der Waals surface area contributed by atoms with Crippen molar-refractivity contribution in [3.63, 3.8) is 0 Å². The van der Waals surface area contributed by atoms with E-state index in [1.165, 1.54) is 35.1 Å². The fraction of sp³-hybridized carbons (Fsp3) is 0.238. The molecule has 0 aromatic heterocycles. The van der Waals surface area contributed by atoms with Crippen LogP contribution in [0.2, 0.25) is 0 Å². The highest BCUT2D eigenvalue weighted by molar-refractivity contribution is 8.18. The lowest BCUT2D eigenvalue weighted by Gasteiger charge is -2.36. The number of hydrogen-bond acceptors (Lipinski definition) is 6. The van der Waals surface area contributed by atoms with Crippen molar-refractivity contribution >= 4 is 40.3 Å². The van der Waals surface area contributed by atoms with E-state index in [0.717, 1.165) is 26.2 Å². The molecule has 2 heterocycles. The summed E-state index contributed by atoms with van der Waals surface area (Å²) in [6.45, 7) is 5.38. The van der Waals surface area contributed by atoms with Gasteiger partial charge in [-0.15, -0.1) is 0 Å². The van der Waals surface area contributed by atoms with E-state index in [1.807, 2.05) is 0 Å². The monoisotopic (exact) mass is 408 g/mol. The van der Waals surface area contributed by atoms with Gasteiger partial charge in [0.15, 0.2) is 5.17 Å². The minimum atomic E-state index is -0.443. The van der Waals surface area contributed by atoms with Gasteiger partial charge in [-0.05, 0) is 42.5 Å². The Labute approximate surface area is 172 Å². The van der Waals surface area contributed by atoms with Crippen molar-refractivity contribution in [1.82, 2.24) is 4.90 Å². The molecular formula is C21H20N4O3S. The number of non-ortho nitro benzene ring substituents is 1. The van der Waals surface area contributed by atoms with E-state index >= 15 is 0 Å². The van der Waals surface area contributed by atoms with Crippen LogP contribution in [-0.2, 0) is 4.79 Å². The molecule has 0 unspecified atom stereocenters. The molecule has 7 nitrogen and oxygen atoms in total. The first-order valence-electron chi connectivity index (χ1n) is 9.33. The summed E-state index contributed by atoms with van der Waals surface area (Å²) in [6.07, 6.45) is 1.67. The fourth-order valence-corrected chi connectivity index (χ4v) is 4.29. The number of benzene rings is 2. The van der Waals surface area contributed by atoms with Crippen LogP contribution >= 0.6 is 11.8 Å². The number of aryl methyl sites for hydroxylation is 1. The zero-order valence-corrected chi connectivity index (χ0v) is 16.8. The zero-order chi connectivity index (χ0) is 20.4. The van der Waals surface area contributed by atoms with Gasteiger partial charge in [-0.25, -0.2) is 0 Å². The SMILES string of the molecule is Cc1ccc(N2CCN(C3=NC(=O)/C(=C/c4cccc([N+](=O)[O-])c4)S3)CC2)cc1. The zero-order valence-electron chi connectivity index (χ0n) is 15.9. The van der Waals surface area contributed by atoms with Crippen molar-refractivity contribution in [2.24, 2.45) is 4.99 Å². The molecule has 8 heteroatoms. The average molecular weight is 408 g/mol. The first kappa shape index (κ1) is 19.2. The smallest absolute Gasteiger partial charge is 0.286 e. The molecule has 2 aliphatic rings. The average Bonchev–Trinajstić information content (AvgIpc) is 3.09. The molecule has 1 saturated heterocycles. The van der Waals surface area contributed by atoms with E-state index in [9.17, 15) is 14.9 Å². The summed E-state index contributed by atoms with van der Waals surface area (Å²) >= 11 is 1.33. The van der Waals surface area contributed by atoms with Gasteiger partial charge in [0.05, 0.1) is 9.83 Å². The Bertz CT molecular complexity index is 1010. The lowest BCUT2D eigenvalue weighted by Crippen LogP contribution is -2.47. The lowest BCUT2D eigenvalue weighted by atomic mass is 10.2. The van der Waals surface area contributed by atoms with Crippen LogP contribution in [-0.4, -0.2) is 47.1 Å². The van der Waals surface area contributed by atoms with E-state index in [0.29, 0.717) is 15.6 Å². The Kier molecular flexibility index (Phi) is 5.35. The van der Waals surface area contributed by atoms with E-state index < -0.39 is 4.92 Å². The number of amidine groups is 1. The summed E-state index contributed by atoms with van der Waals surface area (Å²) in [6, 6.07) is 14.7. The number of piperazine rings is 1. The number of aliphatic imine (C=N–C) groups is 1. The molecule has 0 atom stereocenters. The van der Waals surface area contributed by atoms with Crippen LogP contribution in [0.4, 0.5) is 11.4 Å². The van der Waals surface area contributed by atoms with Gasteiger partial charge in [-0.3, -0.25) is 14.9 Å². The lowest BCUT2D eigenvalue weighted by molar-refractivity contribution is -0.384. The van der Waals surface area contributed by atoms with Crippen LogP contribution < -0.4 is 4.90 Å². The molecule has 4 rings (SSSR count). The summed E-state index contributed by atoms with van der Waals surface area (Å²) in [5.74, 6) is -0.294. The predicted molar refractivity (Wildman–Crippen MR) is 116 cm³/mol. The molecule has 0 saturated carbocycles. The van der Waals surface area contributed by atoms with Crippen LogP contribution in [0, 0.1) is 17.0 Å². The number of hydrogen-bond donors (Lipinski definition) is 0. The summed E-state index contributed by atoms with van der Waals surface area (Å²) in [4.78, 5) is 32.0. The van der Waals surface area contributed by atoms with Crippen molar-refractivity contribution in [3.05, 3.63) is 74.7 Å². The number of anilines is 1. The van der Waals surface area contributed by atoms with Crippen LogP contribution in [0.3, 0.4) is 0 Å². The van der Waals surface area contributed by atoms with Gasteiger partial charge in [0, 0.05) is 44.0 Å². The quantitative estimate of drug-likeness (QED) is 0.438. The normalized spacial score (nSPS) is 18.3. The molecule has 1 fully saturated rings. The summed E-state index contributed by atoms with van der Waals surface area (Å²) < 4.78 is 0. The van der Waals surface area contributed by atoms with Gasteiger partial charge in [-0.1, -0.05) is 29.8 Å². The first-order valence-corrected chi connectivity index (χ1v) is 10.1. The maximum Gasteiger partial charge on any atom is 0.286 e. The molecular weight excluding hydrogens is 388 g/mol. The van der Waals surface area contributed by atoms with E-state index in [-0.39, 0.29) is 11.6 Å². The predicted octanol–water partition coefficient (Wildman–Crippen LogP) is 3.70. The molecule has 148 valence electrons. The number of nitro benzene ring substituents is 1. The van der Waals surface area contributed by atoms with Crippen molar-refractivity contribution < 1.29 is 9.72 Å². The van der Waals surface area contributed by atoms with Crippen LogP contribution in [0.15, 0.2) is 58.4 Å². The van der Waals surface area contributed by atoms with Crippen molar-refractivity contribution in [3.8, 4) is 0 Å². The molecule has 29 heavy (non-hydrogen) atoms. The summed E-state index contributed by atoms with van der Waals surface area (Å²) in [5.41, 5.74) is 3.07. The number of nitro groups is 1. The molecule has 1 amide bonds. The Morgan fingerprint density at radius 1 is 1.07 bits per heavy atom. The third kappa shape index (κ3) is 4.32. The first-order chi connectivity index (χ1) is 14.0. The highest BCUT2D eigenvalue weighted by Gasteiger charge is 2.28. The largest absolute Gasteiger partial charge is 0.368 e. The van der Waals surface area contributed by atoms with Crippen molar-refractivity contribution in [2.45, 2.75) is 6.92 Å². The number of carbonyl (C=O) groups is 1. The van der Waals surface area contributed by atoms with Crippen LogP contribution in [0.1, 0.15) is 11.1 Å². The third-order valence-electron chi connectivity index (χ3n) is 4.94. The van der Waals surface area contributed by atoms with Gasteiger partial charge < -0.3 is 9.80 Å². The van der Waals surface area contributed by atoms with E-state index in [1.54, 1.807) is 18.2 Å². The Morgan fingerprint density at radius 2 is 1.76 bits per heavy atom. The molecule has 0 bridgehead atoms. The maximum atomic E-state index is 12.3. The highest BCUT2D eigenvalue weighted by Crippen LogP contribution is 2.31. The Hall–Kier alpha value is -3.13. The van der Waals surface area contributed by atoms with Gasteiger partial charge in [-0.2, -0.15) is 4.99 Å². The molecule has 0 spiro atoms. The van der Waals surface area contributed by atoms with Gasteiger partial charge >= 0.3 is 0 Å². The van der Waals surface area contributed by atoms with Crippen LogP contribution in [0.25, 0.3) is 6.08 Å². The minimum absolute atomic E-state index is 0.00293. The van der Waals surface area contributed by atoms with Gasteiger partial charge in [0.25, 0.3) is 11.6 Å². The Morgan fingerprint density at radius 3 is 2.45 bits per heavy atom. The van der Waals surface area contributed by atoms with E-state index in [2.05, 4.69) is 46.0 Å². The number of rotatable bonds is 3. The topological polar surface area (TPSA) is 79.0 Å². The number of carbonyl (C=O) groups excluding carboxylic acids is 1. The molecule has 0 N–H and O–H groups in total. The summed E-state index contributed by atoms with van der Waals surface area (Å²) in [7, 11) is 0. The minimum Gasteiger partial charge on any atom is -0.368 e. The Balaban J connectivity index is 1.41. The molecule has 0 radical (unpaired) electrons. The highest BCUT2D eigenvalue weighted by atomic mass is 32.2. The third-order valence-corrected chi connectivity index (χ3v) is 5.98. The molecule has 2 aromatic rings. The van der Waals surface area contributed by atoms with Crippen LogP contribution in [0.5, 0.6) is 0 Å². The fourth-order valence-electron chi connectivity index (χ4n) is 3.32. The van der Waals surface area contributed by atoms with Crippen molar-refractivity contribution in [2.75, 3.05) is 31.1 Å². The van der Waals surface area contributed by atoms with Gasteiger partial charge in [0.1, 0.15) is 0 Å². The second kappa shape index (κ2) is 8.08. The molecule has 0 aliphatic carbocycles. The molecule has 2 aliphatic heterocycles. The summed E-state index contributed by atoms with van der Waals surface area (Å²) in [5, 5.41) is 11.6. The van der Waals surface area contributed by atoms with Gasteiger partial charge in [0.2, 0.25) is 0 Å². The number of amides is 1. The number of nitrogens with zero attached hydrogens (tertiary/aromatic N) is 4. The molecule has 2 aromatic carbocycles. The second-order valence-corrected chi connectivity index (χ2v) is 7.98.